The molecule has 0 amide bonds. The van der Waals surface area contributed by atoms with Crippen molar-refractivity contribution < 1.29 is 58.1 Å². The quantitative estimate of drug-likeness (QED) is 0.0208. The van der Waals surface area contributed by atoms with E-state index in [2.05, 4.69) is 23.2 Å². The van der Waals surface area contributed by atoms with Crippen molar-refractivity contribution in [3.63, 3.8) is 0 Å². The maximum Gasteiger partial charge on any atom is 0.294 e. The summed E-state index contributed by atoms with van der Waals surface area (Å²) >= 11 is 7.58. The molecule has 2 aliphatic rings. The smallest absolute Gasteiger partial charge is 0.294 e. The molecule has 320 valence electrons. The van der Waals surface area contributed by atoms with Crippen LogP contribution in [0.1, 0.15) is 51.7 Å². The van der Waals surface area contributed by atoms with Crippen LogP contribution in [0, 0.1) is 0 Å². The van der Waals surface area contributed by atoms with Gasteiger partial charge in [0.2, 0.25) is 5.69 Å². The van der Waals surface area contributed by atoms with E-state index < -0.39 is 52.7 Å². The summed E-state index contributed by atoms with van der Waals surface area (Å²) in [4.78, 5) is 2.42. The van der Waals surface area contributed by atoms with E-state index in [1.165, 1.54) is 12.1 Å². The zero-order valence-electron chi connectivity index (χ0n) is 32.9. The van der Waals surface area contributed by atoms with Crippen LogP contribution in [0.15, 0.2) is 118 Å². The molecule has 4 N–H and O–H groups in total. The number of anilines is 1. The molecule has 0 aromatic heterocycles. The third-order valence-electron chi connectivity index (χ3n) is 10.7. The molecule has 14 nitrogen and oxygen atoms in total. The second-order valence-electron chi connectivity index (χ2n) is 15.4. The largest absolute Gasteiger partial charge is 0.344 e. The summed E-state index contributed by atoms with van der Waals surface area (Å²) in [6.45, 7) is 8.67. The predicted molar refractivity (Wildman–Crippen MR) is 234 cm³/mol. The van der Waals surface area contributed by atoms with E-state index in [4.69, 9.17) is 16.9 Å². The topological polar surface area (TPSA) is 208 Å². The maximum atomic E-state index is 11.9. The van der Waals surface area contributed by atoms with Crippen molar-refractivity contribution in [2.24, 2.45) is 0 Å². The molecule has 19 heteroatoms. The highest BCUT2D eigenvalue weighted by Gasteiger charge is 2.45. The lowest BCUT2D eigenvalue weighted by molar-refractivity contribution is -0.437. The minimum Gasteiger partial charge on any atom is -0.344 e. The van der Waals surface area contributed by atoms with E-state index in [-0.39, 0.29) is 24.3 Å². The lowest BCUT2D eigenvalue weighted by Crippen LogP contribution is -2.28. The Balaban J connectivity index is 1.32. The molecular weight excluding hydrogens is 876 g/mol. The molecule has 0 saturated carbocycles. The SMILES string of the molecule is CC1(C)C(=CC=CC(Cl)=CC=CC2=[N+](CCCS(=O)(=O)O)c3ccc4cc(SOOO)ccc4c3C2(C)C)N(CCCS(=O)(=O)O)c2ccc3cc(S(=O)(=O)O)ccc3c21. The Morgan fingerprint density at radius 2 is 1.47 bits per heavy atom. The number of halogens is 1. The summed E-state index contributed by atoms with van der Waals surface area (Å²) in [7, 11) is -12.8. The Labute approximate surface area is 358 Å². The number of nitrogens with zero attached hydrogens (tertiary/aromatic N) is 2. The van der Waals surface area contributed by atoms with E-state index in [1.807, 2.05) is 71.9 Å². The fourth-order valence-corrected chi connectivity index (χ4v) is 10.3. The predicted octanol–water partition coefficient (Wildman–Crippen LogP) is 8.52. The fraction of sp³-hybridized carbons (Fsp3) is 0.293. The van der Waals surface area contributed by atoms with Gasteiger partial charge in [0.1, 0.15) is 6.54 Å². The monoisotopic (exact) mass is 919 g/mol. The fourth-order valence-electron chi connectivity index (χ4n) is 8.22. The molecule has 6 rings (SSSR count). The van der Waals surface area contributed by atoms with Crippen LogP contribution >= 0.6 is 23.6 Å². The zero-order valence-corrected chi connectivity index (χ0v) is 37.0. The molecule has 4 aromatic rings. The van der Waals surface area contributed by atoms with Crippen LogP contribution in [-0.2, 0) is 50.6 Å². The van der Waals surface area contributed by atoms with Crippen LogP contribution in [0.2, 0.25) is 0 Å². The second-order valence-corrected chi connectivity index (χ2v) is 21.2. The third kappa shape index (κ3) is 9.90. The van der Waals surface area contributed by atoms with Gasteiger partial charge in [-0.25, -0.2) is 5.26 Å². The first-order valence-electron chi connectivity index (χ1n) is 18.6. The second kappa shape index (κ2) is 17.5. The summed E-state index contributed by atoms with van der Waals surface area (Å²) < 4.78 is 105. The first-order chi connectivity index (χ1) is 28.0. The Bertz CT molecular complexity index is 2870. The average Bonchev–Trinajstić information content (AvgIpc) is 3.50. The summed E-state index contributed by atoms with van der Waals surface area (Å²) in [5.74, 6) is -0.852. The van der Waals surface area contributed by atoms with Crippen LogP contribution in [0.5, 0.6) is 0 Å². The van der Waals surface area contributed by atoms with Crippen LogP contribution in [0.4, 0.5) is 11.4 Å². The standard InChI is InChI=1S/C41H43ClN2O12S4/c1-40(2)36(43(21-7-23-58(46,47)48)34-19-13-27-25-30(57-56-55-45)15-17-32(27)38(34)40)11-5-9-29(42)10-6-12-37-41(3,4)39-33-18-16-31(60(52,53)54)26-28(33)14-20-35(39)44(37)22-8-24-59(49,50)51/h5-6,9-20,25-26H,7-8,21-24H2,1-4H3,(H3-,45,46,47,48,49,50,51,52,53,54)/p+1. The summed E-state index contributed by atoms with van der Waals surface area (Å²) in [6.07, 6.45) is 11.0. The van der Waals surface area contributed by atoms with Gasteiger partial charge in [-0.05, 0) is 102 Å². The van der Waals surface area contributed by atoms with Crippen molar-refractivity contribution in [1.29, 1.82) is 0 Å². The summed E-state index contributed by atoms with van der Waals surface area (Å²) in [5, 5.41) is 15.9. The molecule has 2 aliphatic heterocycles. The van der Waals surface area contributed by atoms with Gasteiger partial charge in [0.15, 0.2) is 5.71 Å². The number of rotatable bonds is 16. The average molecular weight is 921 g/mol. The molecule has 0 radical (unpaired) electrons. The molecule has 2 heterocycles. The molecule has 60 heavy (non-hydrogen) atoms. The van der Waals surface area contributed by atoms with E-state index in [0.717, 1.165) is 62.1 Å². The number of hydrogen-bond acceptors (Lipinski definition) is 11. The van der Waals surface area contributed by atoms with Crippen LogP contribution in [0.3, 0.4) is 0 Å². The third-order valence-corrected chi connectivity index (χ3v) is 14.0. The van der Waals surface area contributed by atoms with Crippen molar-refractivity contribution >= 4 is 92.6 Å². The molecule has 0 aliphatic carbocycles. The van der Waals surface area contributed by atoms with E-state index in [9.17, 15) is 38.9 Å². The molecule has 0 bridgehead atoms. The lowest BCUT2D eigenvalue weighted by atomic mass is 9.79. The number of benzene rings is 4. The first-order valence-corrected chi connectivity index (χ1v) is 24.3. The Morgan fingerprint density at radius 3 is 2.15 bits per heavy atom. The summed E-state index contributed by atoms with van der Waals surface area (Å²) in [5.41, 5.74) is 3.97. The Kier molecular flexibility index (Phi) is 13.3. The highest BCUT2D eigenvalue weighted by atomic mass is 35.5. The van der Waals surface area contributed by atoms with Gasteiger partial charge in [0.05, 0.1) is 33.9 Å². The van der Waals surface area contributed by atoms with Crippen molar-refractivity contribution in [3.05, 3.63) is 119 Å². The molecule has 0 saturated heterocycles. The number of fused-ring (bicyclic) bond motifs is 6. The van der Waals surface area contributed by atoms with Gasteiger partial charge in [0, 0.05) is 57.4 Å². The van der Waals surface area contributed by atoms with E-state index in [1.54, 1.807) is 36.4 Å². The van der Waals surface area contributed by atoms with Gasteiger partial charge in [-0.3, -0.25) is 13.7 Å². The minimum absolute atomic E-state index is 0.122. The van der Waals surface area contributed by atoms with Gasteiger partial charge < -0.3 is 4.90 Å². The van der Waals surface area contributed by atoms with Gasteiger partial charge in [-0.2, -0.15) is 29.8 Å². The van der Waals surface area contributed by atoms with Gasteiger partial charge in [-0.15, -0.1) is 4.33 Å². The summed E-state index contributed by atoms with van der Waals surface area (Å²) in [6, 6.07) is 17.5. The van der Waals surface area contributed by atoms with Crippen molar-refractivity contribution in [2.75, 3.05) is 29.5 Å². The zero-order chi connectivity index (χ0) is 43.8. The van der Waals surface area contributed by atoms with Gasteiger partial charge in [-0.1, -0.05) is 60.8 Å². The van der Waals surface area contributed by atoms with Crippen LogP contribution in [0.25, 0.3) is 21.5 Å². The molecule has 0 spiro atoms. The highest BCUT2D eigenvalue weighted by molar-refractivity contribution is 7.94. The van der Waals surface area contributed by atoms with E-state index >= 15 is 0 Å². The minimum atomic E-state index is -4.44. The van der Waals surface area contributed by atoms with Crippen molar-refractivity contribution in [3.8, 4) is 0 Å². The lowest BCUT2D eigenvalue weighted by Gasteiger charge is -2.27. The van der Waals surface area contributed by atoms with Gasteiger partial charge in [0.25, 0.3) is 30.4 Å². The van der Waals surface area contributed by atoms with E-state index in [0.29, 0.717) is 21.9 Å². The molecule has 4 aromatic carbocycles. The number of allylic oxidation sites excluding steroid dienone is 8. The molecule has 0 atom stereocenters. The molecule has 0 unspecified atom stereocenters. The van der Waals surface area contributed by atoms with Gasteiger partial charge >= 0.3 is 0 Å². The maximum absolute atomic E-state index is 11.9. The Hall–Kier alpha value is -3.92. The Morgan fingerprint density at radius 1 is 0.817 bits per heavy atom. The highest BCUT2D eigenvalue weighted by Crippen LogP contribution is 2.51. The number of hydrogen-bond donors (Lipinski definition) is 4. The molecular formula is C41H44ClN2O12S4+. The normalized spacial score (nSPS) is 17.6. The van der Waals surface area contributed by atoms with Crippen LogP contribution in [-0.4, -0.2) is 79.1 Å². The first kappa shape index (κ1) is 45.6. The van der Waals surface area contributed by atoms with Crippen molar-refractivity contribution in [2.45, 2.75) is 61.2 Å². The van der Waals surface area contributed by atoms with Crippen LogP contribution < -0.4 is 4.90 Å². The molecule has 0 fully saturated rings. The van der Waals surface area contributed by atoms with Crippen molar-refractivity contribution in [1.82, 2.24) is 0 Å².